The van der Waals surface area contributed by atoms with E-state index in [2.05, 4.69) is 9.46 Å². The average Bonchev–Trinajstić information content (AvgIpc) is 3.17. The average molecular weight is 428 g/mol. The largest absolute Gasteiger partial charge is 0.573 e. The molecule has 1 aliphatic rings. The van der Waals surface area contributed by atoms with E-state index in [0.29, 0.717) is 0 Å². The van der Waals surface area contributed by atoms with E-state index in [0.717, 1.165) is 55.8 Å². The molecule has 0 radical (unpaired) electrons. The van der Waals surface area contributed by atoms with Crippen molar-refractivity contribution < 1.29 is 31.1 Å². The fourth-order valence-electron chi connectivity index (χ4n) is 2.98. The number of carbonyl (C=O) groups is 1. The summed E-state index contributed by atoms with van der Waals surface area (Å²) in [4.78, 5) is 13.8. The lowest BCUT2D eigenvalue weighted by Gasteiger charge is -2.15. The maximum Gasteiger partial charge on any atom is 0.573 e. The Balaban J connectivity index is 1.63. The Bertz CT molecular complexity index is 952. The van der Waals surface area contributed by atoms with Crippen LogP contribution in [0.2, 0.25) is 0 Å². The molecule has 3 rings (SSSR count). The Morgan fingerprint density at radius 1 is 1.00 bits per heavy atom. The molecule has 1 fully saturated rings. The van der Waals surface area contributed by atoms with Crippen molar-refractivity contribution in [3.05, 3.63) is 54.1 Å². The highest BCUT2D eigenvalue weighted by Gasteiger charge is 2.31. The summed E-state index contributed by atoms with van der Waals surface area (Å²) >= 11 is 0. The Kier molecular flexibility index (Phi) is 6.02. The summed E-state index contributed by atoms with van der Waals surface area (Å²) in [5.74, 6) is -0.472. The van der Waals surface area contributed by atoms with E-state index in [1.165, 1.54) is 12.1 Å². The minimum atomic E-state index is -4.85. The van der Waals surface area contributed by atoms with Crippen molar-refractivity contribution in [1.29, 1.82) is 0 Å². The number of hydrogen-bond acceptors (Lipinski definition) is 4. The number of likely N-dealkylation sites (tertiary alicyclic amines) is 1. The number of rotatable bonds is 6. The van der Waals surface area contributed by atoms with Crippen molar-refractivity contribution in [2.45, 2.75) is 30.5 Å². The molecular weight excluding hydrogens is 409 g/mol. The van der Waals surface area contributed by atoms with Gasteiger partial charge in [-0.25, -0.2) is 8.42 Å². The minimum absolute atomic E-state index is 0.0389. The molecule has 0 aliphatic carbocycles. The molecule has 29 heavy (non-hydrogen) atoms. The van der Waals surface area contributed by atoms with Gasteiger partial charge >= 0.3 is 6.36 Å². The van der Waals surface area contributed by atoms with E-state index in [1.54, 1.807) is 12.1 Å². The van der Waals surface area contributed by atoms with Gasteiger partial charge < -0.3 is 9.64 Å². The molecule has 6 nitrogen and oxygen atoms in total. The number of anilines is 1. The monoisotopic (exact) mass is 428 g/mol. The van der Waals surface area contributed by atoms with E-state index in [4.69, 9.17) is 0 Å². The summed E-state index contributed by atoms with van der Waals surface area (Å²) in [6.45, 7) is 1.53. The fraction of sp³-hybridized carbons (Fsp3) is 0.316. The first kappa shape index (κ1) is 21.0. The number of nitrogens with one attached hydrogen (secondary N) is 1. The molecule has 0 unspecified atom stereocenters. The number of ether oxygens (including phenoxy) is 1. The van der Waals surface area contributed by atoms with Crippen LogP contribution in [0.1, 0.15) is 18.4 Å². The second-order valence-electron chi connectivity index (χ2n) is 6.59. The van der Waals surface area contributed by atoms with Crippen LogP contribution in [0, 0.1) is 0 Å². The molecule has 1 N–H and O–H groups in total. The predicted octanol–water partition coefficient (Wildman–Crippen LogP) is 3.55. The molecule has 1 amide bonds. The molecule has 1 aliphatic heterocycles. The molecule has 0 aromatic heterocycles. The molecule has 2 aromatic carbocycles. The number of nitrogens with zero attached hydrogens (tertiary/aromatic N) is 1. The van der Waals surface area contributed by atoms with Crippen molar-refractivity contribution in [2.75, 3.05) is 17.8 Å². The molecule has 0 saturated carbocycles. The summed E-state index contributed by atoms with van der Waals surface area (Å²) in [6.07, 6.45) is -2.59. The standard InChI is InChI=1S/C19H19F3N2O4S/c20-19(21,22)28-16-7-9-17(10-8-16)29(26,27)23-15-5-3-14(4-6-15)13-18(25)24-11-1-2-12-24/h3-10,23H,1-2,11-13H2. The van der Waals surface area contributed by atoms with Gasteiger partial charge in [0.2, 0.25) is 5.91 Å². The second kappa shape index (κ2) is 8.32. The third-order valence-corrected chi connectivity index (χ3v) is 5.79. The number of halogens is 3. The van der Waals surface area contributed by atoms with Gasteiger partial charge in [-0.15, -0.1) is 13.2 Å². The van der Waals surface area contributed by atoms with Gasteiger partial charge in [0.05, 0.1) is 11.3 Å². The lowest BCUT2D eigenvalue weighted by atomic mass is 10.1. The van der Waals surface area contributed by atoms with E-state index in [-0.39, 0.29) is 22.9 Å². The first-order valence-electron chi connectivity index (χ1n) is 8.88. The van der Waals surface area contributed by atoms with E-state index in [1.807, 2.05) is 4.90 Å². The molecule has 0 spiro atoms. The lowest BCUT2D eigenvalue weighted by molar-refractivity contribution is -0.274. The molecule has 156 valence electrons. The first-order chi connectivity index (χ1) is 13.6. The van der Waals surface area contributed by atoms with Gasteiger partial charge in [0.25, 0.3) is 10.0 Å². The van der Waals surface area contributed by atoms with Gasteiger partial charge in [0, 0.05) is 18.8 Å². The number of hydrogen-bond donors (Lipinski definition) is 1. The maximum atomic E-state index is 12.4. The van der Waals surface area contributed by atoms with Crippen molar-refractivity contribution in [2.24, 2.45) is 0 Å². The highest BCUT2D eigenvalue weighted by Crippen LogP contribution is 2.25. The summed E-state index contributed by atoms with van der Waals surface area (Å²) in [5, 5.41) is 0. The van der Waals surface area contributed by atoms with Gasteiger partial charge in [-0.1, -0.05) is 12.1 Å². The number of alkyl halides is 3. The van der Waals surface area contributed by atoms with Crippen LogP contribution in [0.3, 0.4) is 0 Å². The number of sulfonamides is 1. The van der Waals surface area contributed by atoms with E-state index >= 15 is 0 Å². The molecule has 1 saturated heterocycles. The van der Waals surface area contributed by atoms with Gasteiger partial charge in [-0.2, -0.15) is 0 Å². The van der Waals surface area contributed by atoms with Crippen LogP contribution in [-0.2, 0) is 21.2 Å². The van der Waals surface area contributed by atoms with Crippen molar-refractivity contribution in [3.8, 4) is 5.75 Å². The Labute approximate surface area is 166 Å². The topological polar surface area (TPSA) is 75.7 Å². The number of benzene rings is 2. The first-order valence-corrected chi connectivity index (χ1v) is 10.4. The minimum Gasteiger partial charge on any atom is -0.406 e. The van der Waals surface area contributed by atoms with Crippen molar-refractivity contribution in [1.82, 2.24) is 4.90 Å². The molecular formula is C19H19F3N2O4S. The zero-order valence-electron chi connectivity index (χ0n) is 15.3. The summed E-state index contributed by atoms with van der Waals surface area (Å²) < 4.78 is 67.4. The van der Waals surface area contributed by atoms with Crippen molar-refractivity contribution in [3.63, 3.8) is 0 Å². The molecule has 1 heterocycles. The number of amides is 1. The van der Waals surface area contributed by atoms with E-state index < -0.39 is 22.1 Å². The highest BCUT2D eigenvalue weighted by atomic mass is 32.2. The van der Waals surface area contributed by atoms with Crippen LogP contribution in [0.4, 0.5) is 18.9 Å². The van der Waals surface area contributed by atoms with Gasteiger partial charge in [-0.05, 0) is 54.8 Å². The molecule has 10 heteroatoms. The van der Waals surface area contributed by atoms with Gasteiger partial charge in [0.15, 0.2) is 0 Å². The zero-order valence-corrected chi connectivity index (χ0v) is 16.1. The smallest absolute Gasteiger partial charge is 0.406 e. The van der Waals surface area contributed by atoms with Gasteiger partial charge in [0.1, 0.15) is 5.75 Å². The van der Waals surface area contributed by atoms with Crippen LogP contribution >= 0.6 is 0 Å². The third-order valence-electron chi connectivity index (χ3n) is 4.39. The maximum absolute atomic E-state index is 12.4. The number of carbonyl (C=O) groups excluding carboxylic acids is 1. The van der Waals surface area contributed by atoms with E-state index in [9.17, 15) is 26.4 Å². The normalized spacial score (nSPS) is 14.7. The van der Waals surface area contributed by atoms with Crippen LogP contribution in [0.15, 0.2) is 53.4 Å². The Hall–Kier alpha value is -2.75. The van der Waals surface area contributed by atoms with Crippen LogP contribution in [0.25, 0.3) is 0 Å². The summed E-state index contributed by atoms with van der Waals surface area (Å²) in [6, 6.07) is 10.3. The van der Waals surface area contributed by atoms with Crippen LogP contribution < -0.4 is 9.46 Å². The lowest BCUT2D eigenvalue weighted by Crippen LogP contribution is -2.29. The molecule has 0 bridgehead atoms. The SMILES string of the molecule is O=C(Cc1ccc(NS(=O)(=O)c2ccc(OC(F)(F)F)cc2)cc1)N1CCCC1. The quantitative estimate of drug-likeness (QED) is 0.764. The predicted molar refractivity (Wildman–Crippen MR) is 99.9 cm³/mol. The zero-order chi connectivity index (χ0) is 21.1. The fourth-order valence-corrected chi connectivity index (χ4v) is 4.04. The second-order valence-corrected chi connectivity index (χ2v) is 8.27. The summed E-state index contributed by atoms with van der Waals surface area (Å²) in [7, 11) is -3.98. The van der Waals surface area contributed by atoms with Crippen LogP contribution in [0.5, 0.6) is 5.75 Å². The molecule has 2 aromatic rings. The third kappa shape index (κ3) is 5.86. The highest BCUT2D eigenvalue weighted by molar-refractivity contribution is 7.92. The molecule has 0 atom stereocenters. The van der Waals surface area contributed by atoms with Crippen LogP contribution in [-0.4, -0.2) is 38.7 Å². The summed E-state index contributed by atoms with van der Waals surface area (Å²) in [5.41, 5.74) is 1.04. The Morgan fingerprint density at radius 2 is 1.59 bits per heavy atom. The van der Waals surface area contributed by atoms with Crippen molar-refractivity contribution >= 4 is 21.6 Å². The Morgan fingerprint density at radius 3 is 2.14 bits per heavy atom. The van der Waals surface area contributed by atoms with Gasteiger partial charge in [-0.3, -0.25) is 9.52 Å².